The standard InChI is InChI=1S/C18H18FN5O2/c1-24-9-10(8-21-24)15-16(14-12(22-15)6-7-20-18(14)25)23-13-5-3-4-11(19)17(13)26-2/h3-5,8-9,22-23H,6-7H2,1-2H3,(H,20,25). The molecule has 1 aliphatic rings. The van der Waals surface area contributed by atoms with E-state index in [1.54, 1.807) is 23.0 Å². The van der Waals surface area contributed by atoms with Gasteiger partial charge in [0.15, 0.2) is 11.6 Å². The summed E-state index contributed by atoms with van der Waals surface area (Å²) in [5.74, 6) is -0.555. The summed E-state index contributed by atoms with van der Waals surface area (Å²) in [5, 5.41) is 10.2. The second-order valence-corrected chi connectivity index (χ2v) is 6.08. The third-order valence-corrected chi connectivity index (χ3v) is 4.39. The van der Waals surface area contributed by atoms with Crippen molar-refractivity contribution in [1.29, 1.82) is 0 Å². The van der Waals surface area contributed by atoms with Crippen LogP contribution in [0.5, 0.6) is 5.75 Å². The van der Waals surface area contributed by atoms with Crippen molar-refractivity contribution in [3.63, 3.8) is 0 Å². The molecule has 0 unspecified atom stereocenters. The smallest absolute Gasteiger partial charge is 0.255 e. The molecule has 1 aromatic carbocycles. The van der Waals surface area contributed by atoms with E-state index in [4.69, 9.17) is 4.74 Å². The number of benzene rings is 1. The van der Waals surface area contributed by atoms with Crippen LogP contribution in [0.3, 0.4) is 0 Å². The molecule has 0 aliphatic carbocycles. The highest BCUT2D eigenvalue weighted by Crippen LogP contribution is 2.39. The average molecular weight is 355 g/mol. The maximum atomic E-state index is 14.1. The monoisotopic (exact) mass is 355 g/mol. The number of amides is 1. The van der Waals surface area contributed by atoms with Crippen LogP contribution >= 0.6 is 0 Å². The topological polar surface area (TPSA) is 84.0 Å². The summed E-state index contributed by atoms with van der Waals surface area (Å²) in [6.45, 7) is 0.571. The van der Waals surface area contributed by atoms with E-state index in [1.807, 2.05) is 13.2 Å². The highest BCUT2D eigenvalue weighted by molar-refractivity contribution is 6.06. The first-order valence-electron chi connectivity index (χ1n) is 8.20. The van der Waals surface area contributed by atoms with E-state index in [2.05, 4.69) is 20.7 Å². The fourth-order valence-electron chi connectivity index (χ4n) is 3.22. The number of rotatable bonds is 4. The van der Waals surface area contributed by atoms with E-state index >= 15 is 0 Å². The summed E-state index contributed by atoms with van der Waals surface area (Å²) >= 11 is 0. The summed E-state index contributed by atoms with van der Waals surface area (Å²) in [6.07, 6.45) is 4.25. The van der Waals surface area contributed by atoms with Gasteiger partial charge in [-0.25, -0.2) is 4.39 Å². The second kappa shape index (κ2) is 6.21. The van der Waals surface area contributed by atoms with Gasteiger partial charge in [0.25, 0.3) is 5.91 Å². The fourth-order valence-corrected chi connectivity index (χ4v) is 3.22. The summed E-state index contributed by atoms with van der Waals surface area (Å²) in [6, 6.07) is 4.61. The van der Waals surface area contributed by atoms with E-state index in [0.29, 0.717) is 29.9 Å². The highest BCUT2D eigenvalue weighted by atomic mass is 19.1. The molecule has 4 rings (SSSR count). The first-order chi connectivity index (χ1) is 12.6. The molecule has 1 amide bonds. The first kappa shape index (κ1) is 16.2. The minimum atomic E-state index is -0.478. The molecule has 26 heavy (non-hydrogen) atoms. The van der Waals surface area contributed by atoms with Gasteiger partial charge >= 0.3 is 0 Å². The Morgan fingerprint density at radius 3 is 2.96 bits per heavy atom. The lowest BCUT2D eigenvalue weighted by Crippen LogP contribution is -2.31. The second-order valence-electron chi connectivity index (χ2n) is 6.08. The maximum Gasteiger partial charge on any atom is 0.255 e. The van der Waals surface area contributed by atoms with Crippen molar-refractivity contribution in [2.45, 2.75) is 6.42 Å². The number of ether oxygens (including phenoxy) is 1. The Labute approximate surface area is 149 Å². The molecular formula is C18H18FN5O2. The van der Waals surface area contributed by atoms with Crippen LogP contribution in [0.1, 0.15) is 16.1 Å². The minimum absolute atomic E-state index is 0.0933. The molecule has 0 bridgehead atoms. The van der Waals surface area contributed by atoms with Gasteiger partial charge < -0.3 is 20.4 Å². The van der Waals surface area contributed by atoms with Gasteiger partial charge in [-0.3, -0.25) is 9.48 Å². The van der Waals surface area contributed by atoms with E-state index < -0.39 is 5.82 Å². The maximum absolute atomic E-state index is 14.1. The van der Waals surface area contributed by atoms with Gasteiger partial charge in [-0.1, -0.05) is 6.07 Å². The van der Waals surface area contributed by atoms with Gasteiger partial charge in [0, 0.05) is 37.5 Å². The van der Waals surface area contributed by atoms with E-state index in [9.17, 15) is 9.18 Å². The summed E-state index contributed by atoms with van der Waals surface area (Å²) in [7, 11) is 3.23. The zero-order valence-corrected chi connectivity index (χ0v) is 14.4. The molecule has 0 saturated carbocycles. The Morgan fingerprint density at radius 1 is 1.38 bits per heavy atom. The number of anilines is 2. The van der Waals surface area contributed by atoms with Crippen LogP contribution in [0.25, 0.3) is 11.3 Å². The number of carbonyl (C=O) groups is 1. The van der Waals surface area contributed by atoms with Crippen molar-refractivity contribution >= 4 is 17.3 Å². The number of nitrogens with one attached hydrogen (secondary N) is 3. The number of aryl methyl sites for hydroxylation is 1. The van der Waals surface area contributed by atoms with Crippen LogP contribution in [0.15, 0.2) is 30.6 Å². The lowest BCUT2D eigenvalue weighted by molar-refractivity contribution is 0.0947. The van der Waals surface area contributed by atoms with Crippen LogP contribution < -0.4 is 15.4 Å². The Balaban J connectivity index is 1.88. The quantitative estimate of drug-likeness (QED) is 0.672. The number of halogens is 1. The lowest BCUT2D eigenvalue weighted by atomic mass is 10.1. The lowest BCUT2D eigenvalue weighted by Gasteiger charge is -2.16. The third-order valence-electron chi connectivity index (χ3n) is 4.39. The normalized spacial score (nSPS) is 13.3. The van der Waals surface area contributed by atoms with Crippen LogP contribution in [-0.2, 0) is 13.5 Å². The van der Waals surface area contributed by atoms with Gasteiger partial charge in [0.05, 0.1) is 35.9 Å². The van der Waals surface area contributed by atoms with E-state index in [-0.39, 0.29) is 11.7 Å². The SMILES string of the molecule is COc1c(F)cccc1Nc1c(-c2cnn(C)c2)[nH]c2c1C(=O)NCC2. The predicted molar refractivity (Wildman–Crippen MR) is 95.3 cm³/mol. The Kier molecular flexibility index (Phi) is 3.87. The largest absolute Gasteiger partial charge is 0.492 e. The molecule has 8 heteroatoms. The zero-order chi connectivity index (χ0) is 18.3. The van der Waals surface area contributed by atoms with Crippen molar-refractivity contribution in [1.82, 2.24) is 20.1 Å². The molecule has 0 radical (unpaired) electrons. The van der Waals surface area contributed by atoms with Crippen molar-refractivity contribution < 1.29 is 13.9 Å². The number of aromatic nitrogens is 3. The molecule has 2 aromatic heterocycles. The Bertz CT molecular complexity index is 992. The molecule has 1 aliphatic heterocycles. The van der Waals surface area contributed by atoms with Gasteiger partial charge in [-0.05, 0) is 12.1 Å². The number of aromatic amines is 1. The summed E-state index contributed by atoms with van der Waals surface area (Å²) < 4.78 is 20.9. The molecular weight excluding hydrogens is 337 g/mol. The van der Waals surface area contributed by atoms with Crippen LogP contribution in [0, 0.1) is 5.82 Å². The van der Waals surface area contributed by atoms with Crippen molar-refractivity contribution in [2.24, 2.45) is 7.05 Å². The van der Waals surface area contributed by atoms with Gasteiger partial charge in [-0.15, -0.1) is 0 Å². The number of hydrogen-bond donors (Lipinski definition) is 3. The van der Waals surface area contributed by atoms with Crippen LogP contribution in [-0.4, -0.2) is 34.3 Å². The molecule has 0 saturated heterocycles. The summed E-state index contributed by atoms with van der Waals surface area (Å²) in [4.78, 5) is 15.8. The molecule has 7 nitrogen and oxygen atoms in total. The van der Waals surface area contributed by atoms with E-state index in [0.717, 1.165) is 17.0 Å². The molecule has 3 N–H and O–H groups in total. The Morgan fingerprint density at radius 2 is 2.23 bits per heavy atom. The van der Waals surface area contributed by atoms with Crippen molar-refractivity contribution in [3.8, 4) is 17.0 Å². The number of carbonyl (C=O) groups excluding carboxylic acids is 1. The first-order valence-corrected chi connectivity index (χ1v) is 8.20. The van der Waals surface area contributed by atoms with Gasteiger partial charge in [0.1, 0.15) is 0 Å². The Hall–Kier alpha value is -3.29. The highest BCUT2D eigenvalue weighted by Gasteiger charge is 2.28. The van der Waals surface area contributed by atoms with Gasteiger partial charge in [-0.2, -0.15) is 5.10 Å². The van der Waals surface area contributed by atoms with E-state index in [1.165, 1.54) is 13.2 Å². The predicted octanol–water partition coefficient (Wildman–Crippen LogP) is 2.59. The molecule has 0 atom stereocenters. The number of H-pyrrole nitrogens is 1. The van der Waals surface area contributed by atoms with Crippen molar-refractivity contribution in [3.05, 3.63) is 47.7 Å². The third kappa shape index (κ3) is 2.59. The average Bonchev–Trinajstić information content (AvgIpc) is 3.20. The van der Waals surface area contributed by atoms with Gasteiger partial charge in [0.2, 0.25) is 0 Å². The number of methoxy groups -OCH3 is 1. The fraction of sp³-hybridized carbons (Fsp3) is 0.222. The molecule has 0 spiro atoms. The van der Waals surface area contributed by atoms with Crippen molar-refractivity contribution in [2.75, 3.05) is 19.0 Å². The minimum Gasteiger partial charge on any atom is -0.492 e. The summed E-state index contributed by atoms with van der Waals surface area (Å²) in [5.41, 5.74) is 3.94. The van der Waals surface area contributed by atoms with Crippen LogP contribution in [0.4, 0.5) is 15.8 Å². The number of hydrogen-bond acceptors (Lipinski definition) is 4. The van der Waals surface area contributed by atoms with Crippen LogP contribution in [0.2, 0.25) is 0 Å². The number of nitrogens with zero attached hydrogens (tertiary/aromatic N) is 2. The molecule has 134 valence electrons. The number of fused-ring (bicyclic) bond motifs is 1. The zero-order valence-electron chi connectivity index (χ0n) is 14.4. The number of para-hydroxylation sites is 1. The molecule has 3 heterocycles. The molecule has 3 aromatic rings. The molecule has 0 fully saturated rings.